The smallest absolute Gasteiger partial charge is 0.293 e. The summed E-state index contributed by atoms with van der Waals surface area (Å²) in [6.45, 7) is 1.31. The van der Waals surface area contributed by atoms with Gasteiger partial charge in [0.05, 0.1) is 11.0 Å². The highest BCUT2D eigenvalue weighted by Gasteiger charge is 2.35. The molecule has 88 valence electrons. The predicted octanol–water partition coefficient (Wildman–Crippen LogP) is 0.703. The SMILES string of the molecule is NCCN1C(=O)SC(=CC2CCCO2)C1=O. The van der Waals surface area contributed by atoms with E-state index in [-0.39, 0.29) is 23.8 Å². The molecular weight excluding hydrogens is 228 g/mol. The van der Waals surface area contributed by atoms with Crippen molar-refractivity contribution < 1.29 is 14.3 Å². The van der Waals surface area contributed by atoms with E-state index >= 15 is 0 Å². The summed E-state index contributed by atoms with van der Waals surface area (Å²) in [5.74, 6) is -0.240. The van der Waals surface area contributed by atoms with E-state index in [1.54, 1.807) is 6.08 Å². The van der Waals surface area contributed by atoms with Crippen molar-refractivity contribution in [2.45, 2.75) is 18.9 Å². The first-order valence-corrected chi connectivity index (χ1v) is 6.11. The first kappa shape index (κ1) is 11.6. The van der Waals surface area contributed by atoms with E-state index < -0.39 is 0 Å². The lowest BCUT2D eigenvalue weighted by molar-refractivity contribution is -0.122. The van der Waals surface area contributed by atoms with Gasteiger partial charge in [0.1, 0.15) is 0 Å². The lowest BCUT2D eigenvalue weighted by atomic mass is 10.2. The van der Waals surface area contributed by atoms with E-state index in [9.17, 15) is 9.59 Å². The molecule has 2 amide bonds. The van der Waals surface area contributed by atoms with Crippen LogP contribution in [0.15, 0.2) is 11.0 Å². The molecule has 5 nitrogen and oxygen atoms in total. The Hall–Kier alpha value is -0.850. The summed E-state index contributed by atoms with van der Waals surface area (Å²) in [4.78, 5) is 25.0. The average molecular weight is 242 g/mol. The molecule has 0 aromatic rings. The molecule has 2 rings (SSSR count). The summed E-state index contributed by atoms with van der Waals surface area (Å²) in [6, 6.07) is 0. The number of nitrogens with zero attached hydrogens (tertiary/aromatic N) is 1. The Morgan fingerprint density at radius 3 is 3.00 bits per heavy atom. The third-order valence-corrected chi connectivity index (χ3v) is 3.45. The minimum absolute atomic E-state index is 0.0166. The van der Waals surface area contributed by atoms with Crippen molar-refractivity contribution in [2.75, 3.05) is 19.7 Å². The summed E-state index contributed by atoms with van der Waals surface area (Å²) in [7, 11) is 0. The van der Waals surface area contributed by atoms with Gasteiger partial charge in [0, 0.05) is 19.7 Å². The van der Waals surface area contributed by atoms with Gasteiger partial charge in [-0.1, -0.05) is 0 Å². The van der Waals surface area contributed by atoms with Gasteiger partial charge in [-0.15, -0.1) is 0 Å². The number of nitrogens with two attached hydrogens (primary N) is 1. The number of thioether (sulfide) groups is 1. The summed E-state index contributed by atoms with van der Waals surface area (Å²) < 4.78 is 5.40. The van der Waals surface area contributed by atoms with Crippen molar-refractivity contribution in [3.05, 3.63) is 11.0 Å². The lowest BCUT2D eigenvalue weighted by Gasteiger charge is -2.09. The van der Waals surface area contributed by atoms with Crippen molar-refractivity contribution in [3.8, 4) is 0 Å². The zero-order chi connectivity index (χ0) is 11.5. The molecule has 2 aliphatic heterocycles. The van der Waals surface area contributed by atoms with Crippen LogP contribution in [0.4, 0.5) is 4.79 Å². The maximum absolute atomic E-state index is 11.8. The number of carbonyl (C=O) groups is 2. The maximum Gasteiger partial charge on any atom is 0.293 e. The van der Waals surface area contributed by atoms with Gasteiger partial charge in [0.15, 0.2) is 0 Å². The van der Waals surface area contributed by atoms with Gasteiger partial charge in [0.2, 0.25) is 0 Å². The molecule has 16 heavy (non-hydrogen) atoms. The Bertz CT molecular complexity index is 337. The van der Waals surface area contributed by atoms with Gasteiger partial charge in [-0.25, -0.2) is 0 Å². The van der Waals surface area contributed by atoms with Crippen molar-refractivity contribution in [1.82, 2.24) is 4.90 Å². The van der Waals surface area contributed by atoms with E-state index in [1.165, 1.54) is 4.90 Å². The summed E-state index contributed by atoms with van der Waals surface area (Å²) >= 11 is 0.972. The molecule has 0 spiro atoms. The highest BCUT2D eigenvalue weighted by Crippen LogP contribution is 2.31. The molecule has 2 fully saturated rings. The van der Waals surface area contributed by atoms with E-state index in [1.807, 2.05) is 0 Å². The summed E-state index contributed by atoms with van der Waals surface area (Å²) in [5.41, 5.74) is 5.34. The van der Waals surface area contributed by atoms with Crippen molar-refractivity contribution in [1.29, 1.82) is 0 Å². The largest absolute Gasteiger partial charge is 0.374 e. The number of imide groups is 1. The van der Waals surface area contributed by atoms with Crippen LogP contribution in [-0.2, 0) is 9.53 Å². The zero-order valence-electron chi connectivity index (χ0n) is 8.85. The van der Waals surface area contributed by atoms with Gasteiger partial charge in [-0.05, 0) is 30.7 Å². The van der Waals surface area contributed by atoms with Gasteiger partial charge >= 0.3 is 0 Å². The molecule has 2 N–H and O–H groups in total. The monoisotopic (exact) mass is 242 g/mol. The summed E-state index contributed by atoms with van der Waals surface area (Å²) in [6.07, 6.45) is 3.67. The van der Waals surface area contributed by atoms with Crippen LogP contribution < -0.4 is 5.73 Å². The van der Waals surface area contributed by atoms with Crippen LogP contribution in [0.5, 0.6) is 0 Å². The number of amides is 2. The summed E-state index contributed by atoms with van der Waals surface area (Å²) in [5, 5.41) is -0.236. The normalized spacial score (nSPS) is 28.4. The number of ether oxygens (including phenoxy) is 1. The zero-order valence-corrected chi connectivity index (χ0v) is 9.66. The fourth-order valence-corrected chi connectivity index (χ4v) is 2.63. The fraction of sp³-hybridized carbons (Fsp3) is 0.600. The Kier molecular flexibility index (Phi) is 3.63. The molecule has 2 heterocycles. The predicted molar refractivity (Wildman–Crippen MR) is 60.8 cm³/mol. The van der Waals surface area contributed by atoms with Gasteiger partial charge < -0.3 is 10.5 Å². The van der Waals surface area contributed by atoms with E-state index in [0.717, 1.165) is 31.2 Å². The number of carbonyl (C=O) groups excluding carboxylic acids is 2. The van der Waals surface area contributed by atoms with Crippen LogP contribution >= 0.6 is 11.8 Å². The van der Waals surface area contributed by atoms with Crippen LogP contribution in [0.2, 0.25) is 0 Å². The molecule has 0 aromatic carbocycles. The lowest BCUT2D eigenvalue weighted by Crippen LogP contribution is -2.33. The quantitative estimate of drug-likeness (QED) is 0.738. The van der Waals surface area contributed by atoms with Crippen molar-refractivity contribution >= 4 is 22.9 Å². The van der Waals surface area contributed by atoms with Crippen molar-refractivity contribution in [2.24, 2.45) is 5.73 Å². The van der Waals surface area contributed by atoms with E-state index in [2.05, 4.69) is 0 Å². The van der Waals surface area contributed by atoms with Crippen LogP contribution in [0.1, 0.15) is 12.8 Å². The van der Waals surface area contributed by atoms with Crippen molar-refractivity contribution in [3.63, 3.8) is 0 Å². The molecule has 0 radical (unpaired) electrons. The second-order valence-corrected chi connectivity index (χ2v) is 4.69. The number of rotatable bonds is 3. The Labute approximate surface area is 98.0 Å². The minimum Gasteiger partial charge on any atom is -0.374 e. The average Bonchev–Trinajstić information content (AvgIpc) is 2.84. The van der Waals surface area contributed by atoms with Crippen LogP contribution in [0, 0.1) is 0 Å². The molecule has 2 saturated heterocycles. The van der Waals surface area contributed by atoms with Gasteiger partial charge in [0.25, 0.3) is 11.1 Å². The molecule has 0 aromatic heterocycles. The minimum atomic E-state index is -0.240. The Morgan fingerprint density at radius 1 is 1.56 bits per heavy atom. The third-order valence-electron chi connectivity index (χ3n) is 2.53. The number of hydrogen-bond donors (Lipinski definition) is 1. The highest BCUT2D eigenvalue weighted by atomic mass is 32.2. The van der Waals surface area contributed by atoms with Gasteiger partial charge in [-0.3, -0.25) is 14.5 Å². The van der Waals surface area contributed by atoms with E-state index in [4.69, 9.17) is 10.5 Å². The molecule has 0 aliphatic carbocycles. The van der Waals surface area contributed by atoms with Gasteiger partial charge in [-0.2, -0.15) is 0 Å². The number of hydrogen-bond acceptors (Lipinski definition) is 5. The molecule has 1 unspecified atom stereocenters. The first-order valence-electron chi connectivity index (χ1n) is 5.29. The van der Waals surface area contributed by atoms with E-state index in [0.29, 0.717) is 11.4 Å². The van der Waals surface area contributed by atoms with Crippen LogP contribution in [0.25, 0.3) is 0 Å². The third kappa shape index (κ3) is 2.28. The molecule has 6 heteroatoms. The maximum atomic E-state index is 11.8. The first-order chi connectivity index (χ1) is 7.72. The van der Waals surface area contributed by atoms with Crippen LogP contribution in [0.3, 0.4) is 0 Å². The topological polar surface area (TPSA) is 72.6 Å². The molecular formula is C10H14N2O3S. The molecule has 0 bridgehead atoms. The fourth-order valence-electron chi connectivity index (χ4n) is 1.74. The second kappa shape index (κ2) is 4.99. The molecule has 0 saturated carbocycles. The Balaban J connectivity index is 2.07. The highest BCUT2D eigenvalue weighted by molar-refractivity contribution is 8.18. The molecule has 2 aliphatic rings. The van der Waals surface area contributed by atoms with Crippen LogP contribution in [-0.4, -0.2) is 41.8 Å². The molecule has 1 atom stereocenters. The standard InChI is InChI=1S/C10H14N2O3S/c11-3-4-12-9(13)8(16-10(12)14)6-7-2-1-5-15-7/h6-7H,1-5,11H2. The Morgan fingerprint density at radius 2 is 2.38 bits per heavy atom. The second-order valence-electron chi connectivity index (χ2n) is 3.70.